The molecule has 24 heteroatoms. The quantitative estimate of drug-likeness (QED) is 0.128. The summed E-state index contributed by atoms with van der Waals surface area (Å²) in [5.74, 6) is 35.7. The van der Waals surface area contributed by atoms with E-state index in [4.69, 9.17) is 29.3 Å². The van der Waals surface area contributed by atoms with Crippen LogP contribution in [0.2, 0.25) is 0 Å². The molecule has 0 spiro atoms. The van der Waals surface area contributed by atoms with Gasteiger partial charge in [0, 0.05) is 143 Å². The third-order valence-electron chi connectivity index (χ3n) is 23.2. The highest BCUT2D eigenvalue weighted by Gasteiger charge is 2.33. The molecule has 10 aromatic heterocycles. The van der Waals surface area contributed by atoms with Gasteiger partial charge in [-0.3, -0.25) is 51.8 Å². The summed E-state index contributed by atoms with van der Waals surface area (Å²) in [4.78, 5) is 111. The van der Waals surface area contributed by atoms with E-state index in [1.54, 1.807) is 35.1 Å². The standard InChI is InChI=1S/C22H21N3O.C20H19N3O2.3C20H19N3OS/c1-15-12-17(9-11-23-15)5-4-16-6-7-18-19(13-16)24-20-8-10-22(2,3)14-25(20)21(18)26;2*1-13-11-25-18(21-13)7-5-14-4-6-15-16(10-14)22-17-8-9-20(2,3)12-23(17)19(15)24;2*1-13-11-21-18(25-13)7-5-14-4-6-15-16(10-14)22-17-8-9-20(2,3)12-23(17)19(15)24/h6-7,9,11-13H,8,10,14H2,1-3H3;4*4,6,10-11H,8-9,12H2,1-3H3. The van der Waals surface area contributed by atoms with E-state index in [0.29, 0.717) is 38.3 Å². The number of aryl methyl sites for hydroxylation is 10. The van der Waals surface area contributed by atoms with E-state index in [1.807, 2.05) is 178 Å². The van der Waals surface area contributed by atoms with Crippen LogP contribution in [0.5, 0.6) is 0 Å². The maximum Gasteiger partial charge on any atom is 0.273 e. The van der Waals surface area contributed by atoms with Gasteiger partial charge in [-0.15, -0.1) is 34.0 Å². The predicted molar refractivity (Wildman–Crippen MR) is 501 cm³/mol. The van der Waals surface area contributed by atoms with Gasteiger partial charge < -0.3 is 4.42 Å². The Morgan fingerprint density at radius 3 is 0.881 bits per heavy atom. The first-order valence-electron chi connectivity index (χ1n) is 42.5. The first-order valence-corrected chi connectivity index (χ1v) is 45.0. The summed E-state index contributed by atoms with van der Waals surface area (Å²) < 4.78 is 14.4. The minimum absolute atomic E-state index is 0.0376. The third kappa shape index (κ3) is 20.1. The second-order valence-electron chi connectivity index (χ2n) is 37.2. The van der Waals surface area contributed by atoms with Gasteiger partial charge in [-0.25, -0.2) is 44.9 Å². The van der Waals surface area contributed by atoms with Crippen molar-refractivity contribution in [3.8, 4) is 59.2 Å². The summed E-state index contributed by atoms with van der Waals surface area (Å²) in [7, 11) is 0. The number of hydrogen-bond donors (Lipinski definition) is 0. The van der Waals surface area contributed by atoms with Gasteiger partial charge in [0.05, 0.1) is 60.2 Å². The zero-order chi connectivity index (χ0) is 88.7. The Kier molecular flexibility index (Phi) is 24.1. The van der Waals surface area contributed by atoms with Crippen LogP contribution in [0.25, 0.3) is 54.5 Å². The van der Waals surface area contributed by atoms with E-state index in [1.165, 1.54) is 11.3 Å². The highest BCUT2D eigenvalue weighted by Crippen LogP contribution is 2.35. The number of oxazole rings is 1. The van der Waals surface area contributed by atoms with Gasteiger partial charge in [0.2, 0.25) is 0 Å². The monoisotopic (exact) mass is 1720 g/mol. The zero-order valence-corrected chi connectivity index (χ0v) is 76.1. The summed E-state index contributed by atoms with van der Waals surface area (Å²) in [5.41, 5.74) is 12.5. The van der Waals surface area contributed by atoms with Crippen molar-refractivity contribution in [1.29, 1.82) is 0 Å². The van der Waals surface area contributed by atoms with E-state index in [2.05, 4.69) is 153 Å². The second kappa shape index (κ2) is 35.1. The van der Waals surface area contributed by atoms with Crippen LogP contribution < -0.4 is 27.8 Å². The highest BCUT2D eigenvalue weighted by atomic mass is 32.1. The summed E-state index contributed by atoms with van der Waals surface area (Å²) >= 11 is 4.70. The van der Waals surface area contributed by atoms with Gasteiger partial charge in [-0.1, -0.05) is 105 Å². The van der Waals surface area contributed by atoms with Crippen molar-refractivity contribution in [2.75, 3.05) is 0 Å². The zero-order valence-electron chi connectivity index (χ0n) is 73.7. The lowest BCUT2D eigenvalue weighted by molar-refractivity contribution is 0.240. The molecule has 0 saturated carbocycles. The number of nitrogens with zero attached hydrogens (tertiary/aromatic N) is 15. The number of hydrogen-bond acceptors (Lipinski definition) is 19. The van der Waals surface area contributed by atoms with E-state index < -0.39 is 0 Å². The molecule has 0 N–H and O–H groups in total. The SMILES string of the molecule is Cc1cc(C#Cc2ccc3c(=O)n4c(nc3c2)CCC(C)(C)C4)ccn1.Cc1cnc(C#Cc2ccc3c(=O)n4c(nc3c2)CCC(C)(C)C4)s1.Cc1cnc(C#Cc2ccc3c(=O)n4c(nc3c2)CCC(C)(C)C4)s1.Cc1coc(C#Cc2ccc3c(=O)n4c(nc3c2)CCC(C)(C)C4)n1.Cc1csc(C#Cc2ccc3c(=O)n4c(nc3c2)CCC(C)(C)C4)n1. The van der Waals surface area contributed by atoms with E-state index in [0.717, 1.165) is 223 Å². The fourth-order valence-electron chi connectivity index (χ4n) is 16.2. The van der Waals surface area contributed by atoms with Gasteiger partial charge in [0.15, 0.2) is 15.0 Å². The average molecular weight is 1730 g/mol. The molecular weight excluding hydrogens is 1630 g/mol. The molecule has 0 amide bonds. The number of aromatic nitrogens is 15. The number of fused-ring (bicyclic) bond motifs is 10. The lowest BCUT2D eigenvalue weighted by atomic mass is 9.85. The van der Waals surface area contributed by atoms with Gasteiger partial charge >= 0.3 is 0 Å². The number of rotatable bonds is 0. The minimum Gasteiger partial charge on any atom is -0.438 e. The molecule has 20 rings (SSSR count). The molecule has 0 saturated heterocycles. The van der Waals surface area contributed by atoms with Gasteiger partial charge in [-0.2, -0.15) is 0 Å². The van der Waals surface area contributed by atoms with E-state index >= 15 is 0 Å². The maximum atomic E-state index is 12.9. The molecule has 0 radical (unpaired) electrons. The molecule has 0 atom stereocenters. The van der Waals surface area contributed by atoms with Crippen LogP contribution in [0.1, 0.15) is 212 Å². The van der Waals surface area contributed by atoms with Crippen molar-refractivity contribution in [3.05, 3.63) is 295 Å². The normalized spacial score (nSPS) is 15.4. The Morgan fingerprint density at radius 2 is 0.611 bits per heavy atom. The molecule has 5 aromatic carbocycles. The molecule has 126 heavy (non-hydrogen) atoms. The molecule has 15 heterocycles. The van der Waals surface area contributed by atoms with Crippen molar-refractivity contribution in [1.82, 2.24) is 72.7 Å². The largest absolute Gasteiger partial charge is 0.438 e. The van der Waals surface area contributed by atoms with Crippen LogP contribution in [0.4, 0.5) is 0 Å². The van der Waals surface area contributed by atoms with Gasteiger partial charge in [-0.05, 0) is 221 Å². The summed E-state index contributed by atoms with van der Waals surface area (Å²) in [6.07, 6.45) is 16.4. The lowest BCUT2D eigenvalue weighted by Gasteiger charge is -2.31. The fraction of sp³-hybridized carbons (Fsp3) is 0.343. The fourth-order valence-corrected chi connectivity index (χ4v) is 18.1. The maximum absolute atomic E-state index is 12.9. The van der Waals surface area contributed by atoms with Crippen LogP contribution in [-0.4, -0.2) is 72.7 Å². The van der Waals surface area contributed by atoms with E-state index in [-0.39, 0.29) is 54.9 Å². The summed E-state index contributed by atoms with van der Waals surface area (Å²) in [5, 5.41) is 7.69. The average Bonchev–Trinajstić information content (AvgIpc) is 1.17. The molecule has 5 aliphatic rings. The molecule has 0 aliphatic carbocycles. The summed E-state index contributed by atoms with van der Waals surface area (Å²) in [6.45, 7) is 35.4. The minimum atomic E-state index is 0.0376. The van der Waals surface area contributed by atoms with Crippen molar-refractivity contribution in [2.45, 2.75) is 201 Å². The Morgan fingerprint density at radius 1 is 0.317 bits per heavy atom. The predicted octanol–water partition coefficient (Wildman–Crippen LogP) is 17.1. The van der Waals surface area contributed by atoms with Crippen molar-refractivity contribution >= 4 is 88.5 Å². The molecule has 0 bridgehead atoms. The van der Waals surface area contributed by atoms with Gasteiger partial charge in [0.25, 0.3) is 33.7 Å². The highest BCUT2D eigenvalue weighted by molar-refractivity contribution is 7.12. The number of benzene rings is 5. The molecule has 0 unspecified atom stereocenters. The smallest absolute Gasteiger partial charge is 0.273 e. The van der Waals surface area contributed by atoms with Crippen molar-refractivity contribution in [2.24, 2.45) is 27.1 Å². The topological polar surface area (TPSA) is 252 Å². The van der Waals surface area contributed by atoms with Crippen LogP contribution in [0.3, 0.4) is 0 Å². The van der Waals surface area contributed by atoms with Crippen LogP contribution >= 0.6 is 34.0 Å². The van der Waals surface area contributed by atoms with Crippen molar-refractivity contribution in [3.63, 3.8) is 0 Å². The first kappa shape index (κ1) is 86.4. The molecule has 634 valence electrons. The number of thiazole rings is 3. The van der Waals surface area contributed by atoms with Crippen LogP contribution in [0, 0.1) is 121 Å². The second-order valence-corrected chi connectivity index (χ2v) is 40.5. The van der Waals surface area contributed by atoms with Crippen LogP contribution in [-0.2, 0) is 64.8 Å². The Labute approximate surface area is 743 Å². The Balaban J connectivity index is 0.000000116. The Hall–Kier alpha value is -13.2. The van der Waals surface area contributed by atoms with Crippen molar-refractivity contribution < 1.29 is 4.42 Å². The molecule has 0 fully saturated rings. The number of pyridine rings is 1. The van der Waals surface area contributed by atoms with E-state index in [9.17, 15) is 24.0 Å². The Bertz CT molecular complexity index is 6880. The summed E-state index contributed by atoms with van der Waals surface area (Å²) in [6, 6.07) is 31.9. The lowest BCUT2D eigenvalue weighted by Crippen LogP contribution is -2.36. The molecular formula is C102H97N15O6S3. The third-order valence-corrected chi connectivity index (χ3v) is 25.7. The van der Waals surface area contributed by atoms with Gasteiger partial charge in [0.1, 0.15) is 35.4 Å². The molecule has 5 aliphatic heterocycles. The molecule has 15 aromatic rings. The van der Waals surface area contributed by atoms with Crippen LogP contribution in [0.15, 0.2) is 162 Å². The first-order chi connectivity index (χ1) is 60.1. The molecule has 21 nitrogen and oxygen atoms in total.